The highest BCUT2D eigenvalue weighted by Gasteiger charge is 2.25. The number of rotatable bonds is 5. The fraction of sp³-hybridized carbons (Fsp3) is 0. The molecule has 12 aromatic rings. The molecule has 0 bridgehead atoms. The van der Waals surface area contributed by atoms with Crippen molar-refractivity contribution in [3.8, 4) is 50.6 Å². The fourth-order valence-corrected chi connectivity index (χ4v) is 11.1. The fourth-order valence-electron chi connectivity index (χ4n) is 8.67. The normalized spacial score (nSPS) is 11.9. The van der Waals surface area contributed by atoms with Crippen molar-refractivity contribution in [3.63, 3.8) is 0 Å². The smallest absolute Gasteiger partial charge is 0.160 e. The van der Waals surface area contributed by atoms with Crippen LogP contribution in [0.2, 0.25) is 0 Å². The number of nitrogens with zero attached hydrogens (tertiary/aromatic N) is 3. The number of thiophene rings is 2. The molecule has 0 aliphatic rings. The molecule has 0 unspecified atom stereocenters. The van der Waals surface area contributed by atoms with Crippen molar-refractivity contribution in [2.75, 3.05) is 0 Å². The average Bonchev–Trinajstić information content (AvgIpc) is 3.96. The Morgan fingerprint density at radius 3 is 1.61 bits per heavy atom. The van der Waals surface area contributed by atoms with Crippen LogP contribution in [0.25, 0.3) is 113 Å². The van der Waals surface area contributed by atoms with Crippen LogP contribution in [-0.2, 0) is 0 Å². The van der Waals surface area contributed by atoms with Gasteiger partial charge in [-0.15, -0.1) is 22.7 Å². The van der Waals surface area contributed by atoms with Crippen LogP contribution in [0, 0.1) is 0 Å². The van der Waals surface area contributed by atoms with Crippen molar-refractivity contribution < 1.29 is 0 Å². The molecular formula is C52H31N3S2. The Labute approximate surface area is 336 Å². The summed E-state index contributed by atoms with van der Waals surface area (Å²) in [4.78, 5) is 10.7. The topological polar surface area (TPSA) is 30.7 Å². The molecule has 12 rings (SSSR count). The third-order valence-corrected chi connectivity index (χ3v) is 13.6. The molecule has 0 radical (unpaired) electrons. The lowest BCUT2D eigenvalue weighted by molar-refractivity contribution is 1.18. The van der Waals surface area contributed by atoms with E-state index in [0.29, 0.717) is 0 Å². The molecule has 0 aliphatic carbocycles. The van der Waals surface area contributed by atoms with Crippen LogP contribution in [-0.4, -0.2) is 14.5 Å². The summed E-state index contributed by atoms with van der Waals surface area (Å²) >= 11 is 3.66. The first kappa shape index (κ1) is 32.3. The van der Waals surface area contributed by atoms with Gasteiger partial charge in [-0.1, -0.05) is 152 Å². The lowest BCUT2D eigenvalue weighted by Crippen LogP contribution is -2.02. The third kappa shape index (κ3) is 5.03. The van der Waals surface area contributed by atoms with Crippen molar-refractivity contribution in [3.05, 3.63) is 188 Å². The van der Waals surface area contributed by atoms with E-state index in [9.17, 15) is 0 Å². The number of hydrogen-bond donors (Lipinski definition) is 0. The van der Waals surface area contributed by atoms with Crippen LogP contribution in [0.1, 0.15) is 0 Å². The molecule has 0 saturated carbocycles. The molecule has 5 heteroatoms. The number of hydrogen-bond acceptors (Lipinski definition) is 4. The van der Waals surface area contributed by atoms with Crippen LogP contribution in [0.4, 0.5) is 0 Å². The predicted molar refractivity (Wildman–Crippen MR) is 244 cm³/mol. The Hall–Kier alpha value is -6.92. The van der Waals surface area contributed by atoms with Crippen LogP contribution in [0.3, 0.4) is 0 Å². The van der Waals surface area contributed by atoms with Crippen LogP contribution in [0.15, 0.2) is 188 Å². The molecule has 0 spiro atoms. The molecule has 3 nitrogen and oxygen atoms in total. The average molecular weight is 762 g/mol. The maximum Gasteiger partial charge on any atom is 0.160 e. The summed E-state index contributed by atoms with van der Waals surface area (Å²) in [5.74, 6) is 0.725. The zero-order valence-electron chi connectivity index (χ0n) is 30.6. The van der Waals surface area contributed by atoms with E-state index in [-0.39, 0.29) is 0 Å². The van der Waals surface area contributed by atoms with E-state index in [1.807, 2.05) is 17.4 Å². The summed E-state index contributed by atoms with van der Waals surface area (Å²) in [5, 5.41) is 6.31. The van der Waals surface area contributed by atoms with E-state index in [0.717, 1.165) is 66.2 Å². The second kappa shape index (κ2) is 12.8. The highest BCUT2D eigenvalue weighted by molar-refractivity contribution is 7.27. The molecule has 0 N–H and O–H groups in total. The van der Waals surface area contributed by atoms with Gasteiger partial charge in [-0.25, -0.2) is 9.97 Å². The number of aromatic nitrogens is 3. The Bertz CT molecular complexity index is 3450. The number of benzene rings is 8. The summed E-state index contributed by atoms with van der Waals surface area (Å²) in [6.45, 7) is 0. The van der Waals surface area contributed by atoms with E-state index in [1.54, 1.807) is 11.3 Å². The standard InChI is InChI=1S/C52H31N3S2/c1-4-16-32(17-5-1)40-30-35(47-51-48(39-24-12-15-27-45(39)57-51)54-52(53-47)34-20-8-3-9-21-34)31-41(33-18-6-2-7-19-33)49(40)55-42-25-13-10-23-38(42)46-43(55)29-28-37-36-22-11-14-26-44(36)56-50(37)46/h1-31H. The first-order chi connectivity index (χ1) is 28.3. The highest BCUT2D eigenvalue weighted by Crippen LogP contribution is 2.48. The van der Waals surface area contributed by atoms with Crippen molar-refractivity contribution >= 4 is 85.0 Å². The van der Waals surface area contributed by atoms with Gasteiger partial charge in [-0.05, 0) is 47.5 Å². The van der Waals surface area contributed by atoms with E-state index in [2.05, 4.69) is 187 Å². The zero-order chi connectivity index (χ0) is 37.5. The molecule has 8 aromatic carbocycles. The third-order valence-electron chi connectivity index (χ3n) is 11.2. The first-order valence-electron chi connectivity index (χ1n) is 19.2. The molecular weight excluding hydrogens is 731 g/mol. The second-order valence-corrected chi connectivity index (χ2v) is 16.6. The Balaban J connectivity index is 1.24. The lowest BCUT2D eigenvalue weighted by Gasteiger charge is -2.21. The summed E-state index contributed by atoms with van der Waals surface area (Å²) in [6.07, 6.45) is 0. The maximum absolute atomic E-state index is 5.45. The molecule has 0 amide bonds. The Morgan fingerprint density at radius 2 is 0.930 bits per heavy atom. The Kier molecular flexibility index (Phi) is 7.27. The van der Waals surface area contributed by atoms with Gasteiger partial charge in [0, 0.05) is 63.3 Å². The van der Waals surface area contributed by atoms with Gasteiger partial charge in [-0.2, -0.15) is 0 Å². The Morgan fingerprint density at radius 1 is 0.386 bits per heavy atom. The quantitative estimate of drug-likeness (QED) is 0.175. The molecule has 0 saturated heterocycles. The SMILES string of the molecule is c1ccc(-c2nc(-c3cc(-c4ccccc4)c(-n4c5ccccc5c5c6sc7ccccc7c6ccc54)c(-c4ccccc4)c3)c3sc4ccccc4c3n2)cc1. The minimum atomic E-state index is 0.725. The van der Waals surface area contributed by atoms with Gasteiger partial charge in [-0.3, -0.25) is 0 Å². The molecule has 0 aliphatic heterocycles. The first-order valence-corrected chi connectivity index (χ1v) is 20.8. The van der Waals surface area contributed by atoms with Gasteiger partial charge in [0.15, 0.2) is 5.82 Å². The van der Waals surface area contributed by atoms with Gasteiger partial charge in [0.05, 0.1) is 32.6 Å². The van der Waals surface area contributed by atoms with Crippen LogP contribution < -0.4 is 0 Å². The van der Waals surface area contributed by atoms with Crippen molar-refractivity contribution in [1.82, 2.24) is 14.5 Å². The van der Waals surface area contributed by atoms with E-state index < -0.39 is 0 Å². The van der Waals surface area contributed by atoms with Crippen molar-refractivity contribution in [2.24, 2.45) is 0 Å². The largest absolute Gasteiger partial charge is 0.308 e. The summed E-state index contributed by atoms with van der Waals surface area (Å²) in [5.41, 5.74) is 12.1. The van der Waals surface area contributed by atoms with Crippen molar-refractivity contribution in [1.29, 1.82) is 0 Å². The minimum absolute atomic E-state index is 0.725. The molecule has 4 aromatic heterocycles. The maximum atomic E-state index is 5.45. The van der Waals surface area contributed by atoms with E-state index in [1.165, 1.54) is 46.7 Å². The molecule has 266 valence electrons. The lowest BCUT2D eigenvalue weighted by atomic mass is 9.91. The van der Waals surface area contributed by atoms with Gasteiger partial charge in [0.1, 0.15) is 0 Å². The molecule has 57 heavy (non-hydrogen) atoms. The second-order valence-electron chi connectivity index (χ2n) is 14.5. The minimum Gasteiger partial charge on any atom is -0.308 e. The van der Waals surface area contributed by atoms with E-state index in [4.69, 9.17) is 9.97 Å². The number of fused-ring (bicyclic) bond motifs is 10. The predicted octanol–water partition coefficient (Wildman–Crippen LogP) is 15.0. The zero-order valence-corrected chi connectivity index (χ0v) is 32.2. The van der Waals surface area contributed by atoms with Gasteiger partial charge < -0.3 is 4.57 Å². The monoisotopic (exact) mass is 761 g/mol. The number of para-hydroxylation sites is 1. The summed E-state index contributed by atoms with van der Waals surface area (Å²) in [7, 11) is 0. The van der Waals surface area contributed by atoms with Gasteiger partial charge in [0.2, 0.25) is 0 Å². The summed E-state index contributed by atoms with van der Waals surface area (Å²) in [6, 6.07) is 67.8. The highest BCUT2D eigenvalue weighted by atomic mass is 32.1. The van der Waals surface area contributed by atoms with Gasteiger partial charge >= 0.3 is 0 Å². The summed E-state index contributed by atoms with van der Waals surface area (Å²) < 4.78 is 7.45. The molecule has 0 atom stereocenters. The van der Waals surface area contributed by atoms with E-state index >= 15 is 0 Å². The molecule has 0 fully saturated rings. The van der Waals surface area contributed by atoms with Crippen molar-refractivity contribution in [2.45, 2.75) is 0 Å². The van der Waals surface area contributed by atoms with Gasteiger partial charge in [0.25, 0.3) is 0 Å². The van der Waals surface area contributed by atoms with Crippen LogP contribution >= 0.6 is 22.7 Å². The van der Waals surface area contributed by atoms with Crippen LogP contribution in [0.5, 0.6) is 0 Å². The molecule has 4 heterocycles.